The molecule has 1 atom stereocenters. The maximum absolute atomic E-state index is 13.3. The highest BCUT2D eigenvalue weighted by molar-refractivity contribution is 5.94. The Bertz CT molecular complexity index is 665. The summed E-state index contributed by atoms with van der Waals surface area (Å²) >= 11 is 0. The van der Waals surface area contributed by atoms with Gasteiger partial charge in [-0.1, -0.05) is 12.8 Å². The summed E-state index contributed by atoms with van der Waals surface area (Å²) in [5.74, 6) is -0.267. The van der Waals surface area contributed by atoms with Crippen LogP contribution in [0.5, 0.6) is 0 Å². The number of carbonyl (C=O) groups excluding carboxylic acids is 2. The van der Waals surface area contributed by atoms with Crippen LogP contribution in [0.4, 0.5) is 4.39 Å². The van der Waals surface area contributed by atoms with Crippen LogP contribution in [0.2, 0.25) is 0 Å². The molecule has 4 rings (SSSR count). The Kier molecular flexibility index (Phi) is 4.96. The molecule has 3 aliphatic rings. The summed E-state index contributed by atoms with van der Waals surface area (Å²) in [5, 5.41) is 0. The third-order valence-corrected chi connectivity index (χ3v) is 6.06. The Labute approximate surface area is 154 Å². The summed E-state index contributed by atoms with van der Waals surface area (Å²) in [7, 11) is 0. The van der Waals surface area contributed by atoms with Crippen molar-refractivity contribution in [2.75, 3.05) is 13.1 Å². The normalized spacial score (nSPS) is 23.9. The summed E-state index contributed by atoms with van der Waals surface area (Å²) in [4.78, 5) is 29.9. The molecular weight excluding hydrogens is 331 g/mol. The van der Waals surface area contributed by atoms with Gasteiger partial charge in [-0.15, -0.1) is 0 Å². The van der Waals surface area contributed by atoms with E-state index in [9.17, 15) is 14.0 Å². The van der Waals surface area contributed by atoms with Gasteiger partial charge in [0.15, 0.2) is 0 Å². The third kappa shape index (κ3) is 3.62. The number of piperidine rings is 1. The summed E-state index contributed by atoms with van der Waals surface area (Å²) < 4.78 is 13.1. The molecule has 2 aliphatic carbocycles. The Hall–Kier alpha value is -1.91. The van der Waals surface area contributed by atoms with Gasteiger partial charge in [0.1, 0.15) is 5.82 Å². The fourth-order valence-corrected chi connectivity index (χ4v) is 4.54. The molecule has 0 aromatic heterocycles. The van der Waals surface area contributed by atoms with Crippen LogP contribution < -0.4 is 0 Å². The number of benzene rings is 1. The monoisotopic (exact) mass is 358 g/mol. The van der Waals surface area contributed by atoms with Crippen molar-refractivity contribution in [2.24, 2.45) is 5.92 Å². The number of amides is 2. The summed E-state index contributed by atoms with van der Waals surface area (Å²) in [6.07, 6.45) is 8.69. The predicted molar refractivity (Wildman–Crippen MR) is 97.2 cm³/mol. The first-order chi connectivity index (χ1) is 12.6. The highest BCUT2D eigenvalue weighted by Crippen LogP contribution is 2.36. The van der Waals surface area contributed by atoms with E-state index in [1.807, 2.05) is 0 Å². The van der Waals surface area contributed by atoms with E-state index >= 15 is 0 Å². The summed E-state index contributed by atoms with van der Waals surface area (Å²) in [6.45, 7) is 1.16. The molecule has 0 N–H and O–H groups in total. The van der Waals surface area contributed by atoms with E-state index in [1.54, 1.807) is 4.90 Å². The van der Waals surface area contributed by atoms with Gasteiger partial charge in [-0.05, 0) is 62.8 Å². The van der Waals surface area contributed by atoms with Crippen molar-refractivity contribution in [3.8, 4) is 0 Å². The quantitative estimate of drug-likeness (QED) is 0.825. The molecule has 5 heteroatoms. The maximum Gasteiger partial charge on any atom is 0.253 e. The van der Waals surface area contributed by atoms with Crippen LogP contribution >= 0.6 is 0 Å². The van der Waals surface area contributed by atoms with Gasteiger partial charge in [0.25, 0.3) is 5.91 Å². The van der Waals surface area contributed by atoms with E-state index < -0.39 is 0 Å². The van der Waals surface area contributed by atoms with Crippen molar-refractivity contribution >= 4 is 11.8 Å². The first-order valence-electron chi connectivity index (χ1n) is 10.0. The molecular formula is C21H27FN2O2. The largest absolute Gasteiger partial charge is 0.338 e. The van der Waals surface area contributed by atoms with Crippen LogP contribution in [-0.4, -0.2) is 46.8 Å². The molecule has 1 aromatic rings. The lowest BCUT2D eigenvalue weighted by Gasteiger charge is -2.37. The zero-order valence-corrected chi connectivity index (χ0v) is 15.2. The number of rotatable bonds is 4. The van der Waals surface area contributed by atoms with Crippen LogP contribution in [-0.2, 0) is 4.79 Å². The Morgan fingerprint density at radius 3 is 2.23 bits per heavy atom. The lowest BCUT2D eigenvalue weighted by Crippen LogP contribution is -2.50. The van der Waals surface area contributed by atoms with Gasteiger partial charge in [-0.3, -0.25) is 9.59 Å². The van der Waals surface area contributed by atoms with Crippen molar-refractivity contribution in [3.05, 3.63) is 35.6 Å². The molecule has 1 aliphatic heterocycles. The fourth-order valence-electron chi connectivity index (χ4n) is 4.54. The number of nitrogens with zero attached hydrogens (tertiary/aromatic N) is 2. The molecule has 0 spiro atoms. The molecule has 4 nitrogen and oxygen atoms in total. The highest BCUT2D eigenvalue weighted by atomic mass is 19.1. The van der Waals surface area contributed by atoms with Crippen molar-refractivity contribution < 1.29 is 14.0 Å². The highest BCUT2D eigenvalue weighted by Gasteiger charge is 2.42. The van der Waals surface area contributed by atoms with Crippen LogP contribution in [0.3, 0.4) is 0 Å². The SMILES string of the molecule is O=C(c1ccc(F)cc1)N1CCCC(C(=O)N(C2CCCC2)C2CC2)C1. The van der Waals surface area contributed by atoms with Gasteiger partial charge in [-0.2, -0.15) is 0 Å². The third-order valence-electron chi connectivity index (χ3n) is 6.06. The van der Waals surface area contributed by atoms with Gasteiger partial charge in [0.05, 0.1) is 5.92 Å². The smallest absolute Gasteiger partial charge is 0.253 e. The van der Waals surface area contributed by atoms with Crippen molar-refractivity contribution in [1.29, 1.82) is 0 Å². The van der Waals surface area contributed by atoms with Crippen LogP contribution in [0.1, 0.15) is 61.7 Å². The van der Waals surface area contributed by atoms with E-state index in [4.69, 9.17) is 0 Å². The average Bonchev–Trinajstić information content (AvgIpc) is 3.35. The minimum atomic E-state index is -0.343. The van der Waals surface area contributed by atoms with E-state index in [-0.39, 0.29) is 23.5 Å². The van der Waals surface area contributed by atoms with Gasteiger partial charge < -0.3 is 9.80 Å². The molecule has 1 saturated heterocycles. The molecule has 2 saturated carbocycles. The Morgan fingerprint density at radius 1 is 0.923 bits per heavy atom. The van der Waals surface area contributed by atoms with Crippen molar-refractivity contribution in [2.45, 2.75) is 63.5 Å². The molecule has 26 heavy (non-hydrogen) atoms. The van der Waals surface area contributed by atoms with Crippen molar-refractivity contribution in [3.63, 3.8) is 0 Å². The minimum Gasteiger partial charge on any atom is -0.338 e. The lowest BCUT2D eigenvalue weighted by atomic mass is 9.95. The van der Waals surface area contributed by atoms with Gasteiger partial charge in [0, 0.05) is 30.7 Å². The van der Waals surface area contributed by atoms with Crippen LogP contribution in [0.15, 0.2) is 24.3 Å². The van der Waals surface area contributed by atoms with E-state index in [2.05, 4.69) is 4.90 Å². The summed E-state index contributed by atoms with van der Waals surface area (Å²) in [6, 6.07) is 6.53. The zero-order valence-electron chi connectivity index (χ0n) is 15.2. The maximum atomic E-state index is 13.3. The van der Waals surface area contributed by atoms with E-state index in [0.29, 0.717) is 30.7 Å². The molecule has 1 unspecified atom stereocenters. The Balaban J connectivity index is 1.44. The first kappa shape index (κ1) is 17.5. The van der Waals surface area contributed by atoms with E-state index in [1.165, 1.54) is 37.1 Å². The molecule has 140 valence electrons. The molecule has 1 heterocycles. The Morgan fingerprint density at radius 2 is 1.58 bits per heavy atom. The van der Waals surface area contributed by atoms with Crippen LogP contribution in [0.25, 0.3) is 0 Å². The minimum absolute atomic E-state index is 0.0886. The standard InChI is InChI=1S/C21H27FN2O2/c22-17-9-7-15(8-10-17)20(25)23-13-3-4-16(14-23)21(26)24(19-11-12-19)18-5-1-2-6-18/h7-10,16,18-19H,1-6,11-14H2. The topological polar surface area (TPSA) is 40.6 Å². The summed E-state index contributed by atoms with van der Waals surface area (Å²) in [5.41, 5.74) is 0.495. The number of likely N-dealkylation sites (tertiary alicyclic amines) is 1. The lowest BCUT2D eigenvalue weighted by molar-refractivity contribution is -0.140. The second-order valence-corrected chi connectivity index (χ2v) is 8.01. The fraction of sp³-hybridized carbons (Fsp3) is 0.619. The number of hydrogen-bond acceptors (Lipinski definition) is 2. The average molecular weight is 358 g/mol. The van der Waals surface area contributed by atoms with Gasteiger partial charge >= 0.3 is 0 Å². The molecule has 1 aromatic carbocycles. The zero-order chi connectivity index (χ0) is 18.1. The van der Waals surface area contributed by atoms with Gasteiger partial charge in [0.2, 0.25) is 5.91 Å². The number of halogens is 1. The molecule has 0 bridgehead atoms. The van der Waals surface area contributed by atoms with Gasteiger partial charge in [-0.25, -0.2) is 4.39 Å². The number of carbonyl (C=O) groups is 2. The predicted octanol–water partition coefficient (Wildman–Crippen LogP) is 3.61. The second-order valence-electron chi connectivity index (χ2n) is 8.01. The number of hydrogen-bond donors (Lipinski definition) is 0. The molecule has 0 radical (unpaired) electrons. The van der Waals surface area contributed by atoms with Crippen LogP contribution in [0, 0.1) is 11.7 Å². The molecule has 3 fully saturated rings. The first-order valence-corrected chi connectivity index (χ1v) is 10.0. The molecule has 2 amide bonds. The van der Waals surface area contributed by atoms with E-state index in [0.717, 1.165) is 38.5 Å². The second kappa shape index (κ2) is 7.37. The van der Waals surface area contributed by atoms with Crippen molar-refractivity contribution in [1.82, 2.24) is 9.80 Å².